The first-order valence-electron chi connectivity index (χ1n) is 16.9. The summed E-state index contributed by atoms with van der Waals surface area (Å²) in [7, 11) is 0. The minimum Gasteiger partial charge on any atom is -0.481 e. The van der Waals surface area contributed by atoms with Gasteiger partial charge in [-0.3, -0.25) is 9.79 Å². The zero-order valence-corrected chi connectivity index (χ0v) is 29.4. The quantitative estimate of drug-likeness (QED) is 0.0415. The Morgan fingerprint density at radius 3 is 1.44 bits per heavy atom. The molecule has 6 nitrogen and oxygen atoms in total. The Kier molecular flexibility index (Phi) is 10.8. The lowest BCUT2D eigenvalue weighted by atomic mass is 9.97. The number of aliphatic imine (C=N–C) groups is 1. The largest absolute Gasteiger partial charge is 0.481 e. The highest BCUT2D eigenvalue weighted by atomic mass is 35.5. The van der Waals surface area contributed by atoms with E-state index in [0.717, 1.165) is 22.3 Å². The van der Waals surface area contributed by atoms with Crippen molar-refractivity contribution in [3.8, 4) is 5.75 Å². The molecule has 3 atom stereocenters. The summed E-state index contributed by atoms with van der Waals surface area (Å²) in [4.78, 5) is 34.1. The first kappa shape index (κ1) is 34.7. The van der Waals surface area contributed by atoms with E-state index in [0.29, 0.717) is 16.9 Å². The standard InChI is InChI=1S/C44H34Cl2N2O4/c45-41(35-24-14-5-15-25-35)47-37-42(46)48(43(37)49)38(44(50)52-40(33-20-10-3-11-21-33)34-22-12-4-13-23-34)30-26-28-36(29-27-30)51-39(31-16-6-1-7-17-31)32-18-8-2-9-19-32/h1-29,37-40,42H/t37-,38?,42+/m1/s1. The molecule has 0 spiro atoms. The predicted octanol–water partition coefficient (Wildman–Crippen LogP) is 9.69. The molecule has 1 heterocycles. The number of carbonyl (C=O) groups excluding carboxylic acids is 2. The summed E-state index contributed by atoms with van der Waals surface area (Å²) < 4.78 is 12.9. The summed E-state index contributed by atoms with van der Waals surface area (Å²) >= 11 is 13.4. The number of nitrogens with zero attached hydrogens (tertiary/aromatic N) is 2. The zero-order chi connectivity index (χ0) is 35.9. The summed E-state index contributed by atoms with van der Waals surface area (Å²) in [5.74, 6) is -0.511. The Labute approximate surface area is 312 Å². The molecule has 52 heavy (non-hydrogen) atoms. The van der Waals surface area contributed by atoms with Crippen molar-refractivity contribution in [2.24, 2.45) is 4.99 Å². The number of ether oxygens (including phenoxy) is 2. The number of alkyl halides is 1. The number of rotatable bonds is 12. The number of benzene rings is 6. The lowest BCUT2D eigenvalue weighted by molar-refractivity contribution is -0.166. The number of β-lactam (4-membered cyclic amide) rings is 1. The second-order valence-corrected chi connectivity index (χ2v) is 13.1. The molecule has 6 aromatic rings. The van der Waals surface area contributed by atoms with Gasteiger partial charge >= 0.3 is 5.97 Å². The van der Waals surface area contributed by atoms with Crippen molar-refractivity contribution >= 4 is 40.2 Å². The van der Waals surface area contributed by atoms with Crippen LogP contribution in [0.15, 0.2) is 181 Å². The number of esters is 1. The van der Waals surface area contributed by atoms with E-state index in [4.69, 9.17) is 32.7 Å². The molecule has 1 aliphatic heterocycles. The summed E-state index contributed by atoms with van der Waals surface area (Å²) in [5, 5.41) is 0.157. The van der Waals surface area contributed by atoms with Gasteiger partial charge in [0.05, 0.1) is 0 Å². The van der Waals surface area contributed by atoms with E-state index in [1.165, 1.54) is 4.90 Å². The van der Waals surface area contributed by atoms with Crippen molar-refractivity contribution in [1.29, 1.82) is 0 Å². The molecule has 1 fully saturated rings. The van der Waals surface area contributed by atoms with Crippen LogP contribution in [0.1, 0.15) is 51.6 Å². The number of likely N-dealkylation sites (tertiary alicyclic amines) is 1. The van der Waals surface area contributed by atoms with Crippen LogP contribution >= 0.6 is 23.2 Å². The molecule has 0 radical (unpaired) electrons. The van der Waals surface area contributed by atoms with Gasteiger partial charge in [-0.05, 0) is 39.9 Å². The smallest absolute Gasteiger partial charge is 0.334 e. The molecule has 0 saturated carbocycles. The molecule has 1 unspecified atom stereocenters. The van der Waals surface area contributed by atoms with Crippen LogP contribution in [0.5, 0.6) is 5.75 Å². The van der Waals surface area contributed by atoms with Crippen LogP contribution in [-0.2, 0) is 14.3 Å². The second-order valence-electron chi connectivity index (χ2n) is 12.3. The Bertz CT molecular complexity index is 2040. The summed E-state index contributed by atoms with van der Waals surface area (Å²) in [5.41, 5.74) is 3.74. The van der Waals surface area contributed by atoms with Crippen LogP contribution in [0, 0.1) is 0 Å². The zero-order valence-electron chi connectivity index (χ0n) is 27.9. The molecule has 7 rings (SSSR count). The van der Waals surface area contributed by atoms with Gasteiger partial charge in [0.25, 0.3) is 5.91 Å². The molecule has 1 aliphatic rings. The summed E-state index contributed by atoms with van der Waals surface area (Å²) in [6.45, 7) is 0. The maximum atomic E-state index is 14.4. The van der Waals surface area contributed by atoms with Crippen LogP contribution < -0.4 is 4.74 Å². The van der Waals surface area contributed by atoms with Crippen LogP contribution in [0.25, 0.3) is 0 Å². The lowest BCUT2D eigenvalue weighted by Gasteiger charge is -2.45. The third kappa shape index (κ3) is 7.64. The van der Waals surface area contributed by atoms with Crippen molar-refractivity contribution in [1.82, 2.24) is 4.90 Å². The topological polar surface area (TPSA) is 68.2 Å². The van der Waals surface area contributed by atoms with E-state index in [1.807, 2.05) is 140 Å². The minimum atomic E-state index is -1.18. The molecular formula is C44H34Cl2N2O4. The molecule has 1 saturated heterocycles. The number of hydrogen-bond acceptors (Lipinski definition) is 5. The van der Waals surface area contributed by atoms with E-state index >= 15 is 0 Å². The third-order valence-corrected chi connectivity index (χ3v) is 9.66. The maximum absolute atomic E-state index is 14.4. The van der Waals surface area contributed by atoms with Crippen LogP contribution in [0.3, 0.4) is 0 Å². The molecule has 0 N–H and O–H groups in total. The molecule has 6 aromatic carbocycles. The molecule has 258 valence electrons. The highest BCUT2D eigenvalue weighted by molar-refractivity contribution is 6.69. The van der Waals surface area contributed by atoms with Gasteiger partial charge in [-0.15, -0.1) is 0 Å². The Morgan fingerprint density at radius 2 is 1.00 bits per heavy atom. The Morgan fingerprint density at radius 1 is 0.577 bits per heavy atom. The molecule has 0 aromatic heterocycles. The van der Waals surface area contributed by atoms with Gasteiger partial charge in [-0.25, -0.2) is 4.79 Å². The molecule has 0 bridgehead atoms. The van der Waals surface area contributed by atoms with Crippen molar-refractivity contribution < 1.29 is 19.1 Å². The van der Waals surface area contributed by atoms with Gasteiger partial charge < -0.3 is 14.4 Å². The third-order valence-electron chi connectivity index (χ3n) is 8.89. The summed E-state index contributed by atoms with van der Waals surface area (Å²) in [6.07, 6.45) is -1.10. The summed E-state index contributed by atoms with van der Waals surface area (Å²) in [6, 6.07) is 52.9. The van der Waals surface area contributed by atoms with Crippen molar-refractivity contribution in [3.63, 3.8) is 0 Å². The fourth-order valence-electron chi connectivity index (χ4n) is 6.24. The SMILES string of the molecule is O=C(OC(c1ccccc1)c1ccccc1)C(c1ccc(OC(c2ccccc2)c2ccccc2)cc1)N1C(=O)[C@H](N=C(Cl)c2ccccc2)[C@H]1Cl. The van der Waals surface area contributed by atoms with Crippen LogP contribution in [0.4, 0.5) is 0 Å². The Hall–Kier alpha value is -5.69. The van der Waals surface area contributed by atoms with Crippen molar-refractivity contribution in [3.05, 3.63) is 209 Å². The average molecular weight is 726 g/mol. The van der Waals surface area contributed by atoms with E-state index in [-0.39, 0.29) is 11.3 Å². The highest BCUT2D eigenvalue weighted by Gasteiger charge is 2.53. The first-order valence-corrected chi connectivity index (χ1v) is 17.7. The number of hydrogen-bond donors (Lipinski definition) is 0. The van der Waals surface area contributed by atoms with Crippen molar-refractivity contribution in [2.75, 3.05) is 0 Å². The van der Waals surface area contributed by atoms with Crippen molar-refractivity contribution in [2.45, 2.75) is 29.8 Å². The minimum absolute atomic E-state index is 0.157. The fraction of sp³-hybridized carbons (Fsp3) is 0.114. The van der Waals surface area contributed by atoms with E-state index in [9.17, 15) is 9.59 Å². The van der Waals surface area contributed by atoms with Gasteiger partial charge in [0.15, 0.2) is 18.2 Å². The number of halogens is 2. The van der Waals surface area contributed by atoms with Gasteiger partial charge in [0.2, 0.25) is 0 Å². The van der Waals surface area contributed by atoms with E-state index in [1.54, 1.807) is 36.4 Å². The monoisotopic (exact) mass is 724 g/mol. The maximum Gasteiger partial charge on any atom is 0.334 e. The molecule has 0 aliphatic carbocycles. The Balaban J connectivity index is 1.21. The molecule has 1 amide bonds. The number of carbonyl (C=O) groups is 2. The van der Waals surface area contributed by atoms with Gasteiger partial charge in [-0.1, -0.05) is 187 Å². The van der Waals surface area contributed by atoms with E-state index < -0.39 is 35.6 Å². The molecular weight excluding hydrogens is 691 g/mol. The average Bonchev–Trinajstić information content (AvgIpc) is 3.21. The van der Waals surface area contributed by atoms with Gasteiger partial charge in [-0.2, -0.15) is 0 Å². The highest BCUT2D eigenvalue weighted by Crippen LogP contribution is 2.40. The normalized spacial score (nSPS) is 16.3. The van der Waals surface area contributed by atoms with Gasteiger partial charge in [0, 0.05) is 5.56 Å². The molecule has 8 heteroatoms. The van der Waals surface area contributed by atoms with E-state index in [2.05, 4.69) is 4.99 Å². The first-order chi connectivity index (χ1) is 25.5. The van der Waals surface area contributed by atoms with Crippen LogP contribution in [0.2, 0.25) is 0 Å². The van der Waals surface area contributed by atoms with Crippen LogP contribution in [-0.4, -0.2) is 33.5 Å². The fourth-order valence-corrected chi connectivity index (χ4v) is 6.85. The lowest BCUT2D eigenvalue weighted by Crippen LogP contribution is -2.63. The second kappa shape index (κ2) is 16.1. The van der Waals surface area contributed by atoms with Gasteiger partial charge in [0.1, 0.15) is 22.5 Å². The predicted molar refractivity (Wildman–Crippen MR) is 204 cm³/mol. The number of amides is 1.